The van der Waals surface area contributed by atoms with Gasteiger partial charge in [0.05, 0.1) is 0 Å². The summed E-state index contributed by atoms with van der Waals surface area (Å²) in [5.74, 6) is -3.43. The summed E-state index contributed by atoms with van der Waals surface area (Å²) >= 11 is 0. The molecule has 1 aromatic rings. The second-order valence-corrected chi connectivity index (χ2v) is 4.27. The van der Waals surface area contributed by atoms with Crippen molar-refractivity contribution in [1.29, 1.82) is 0 Å². The summed E-state index contributed by atoms with van der Waals surface area (Å²) in [5, 5.41) is 0. The average molecular weight is 230 g/mol. The summed E-state index contributed by atoms with van der Waals surface area (Å²) in [5.41, 5.74) is -0.548. The van der Waals surface area contributed by atoms with E-state index in [2.05, 4.69) is 0 Å². The third kappa shape index (κ3) is 1.68. The molecule has 1 unspecified atom stereocenters. The van der Waals surface area contributed by atoms with Gasteiger partial charge in [-0.2, -0.15) is 0 Å². The molecule has 0 aliphatic heterocycles. The van der Waals surface area contributed by atoms with Crippen molar-refractivity contribution in [3.63, 3.8) is 0 Å². The van der Waals surface area contributed by atoms with Gasteiger partial charge in [-0.05, 0) is 6.92 Å². The van der Waals surface area contributed by atoms with E-state index < -0.39 is 17.5 Å². The lowest BCUT2D eigenvalue weighted by Crippen LogP contribution is -2.39. The van der Waals surface area contributed by atoms with Crippen LogP contribution in [0.2, 0.25) is 0 Å². The van der Waals surface area contributed by atoms with Gasteiger partial charge >= 0.3 is 5.69 Å². The molecule has 1 saturated carbocycles. The van der Waals surface area contributed by atoms with Gasteiger partial charge in [-0.1, -0.05) is 0 Å². The van der Waals surface area contributed by atoms with Crippen molar-refractivity contribution in [3.8, 4) is 0 Å². The van der Waals surface area contributed by atoms with E-state index in [-0.39, 0.29) is 18.5 Å². The van der Waals surface area contributed by atoms with Crippen molar-refractivity contribution < 1.29 is 8.78 Å². The fourth-order valence-corrected chi connectivity index (χ4v) is 1.72. The predicted molar refractivity (Wildman–Crippen MR) is 53.7 cm³/mol. The van der Waals surface area contributed by atoms with Crippen LogP contribution < -0.4 is 11.2 Å². The topological polar surface area (TPSA) is 44.0 Å². The quantitative estimate of drug-likeness (QED) is 0.743. The van der Waals surface area contributed by atoms with Gasteiger partial charge in [0.1, 0.15) is 0 Å². The van der Waals surface area contributed by atoms with Crippen molar-refractivity contribution in [2.24, 2.45) is 13.0 Å². The first-order valence-electron chi connectivity index (χ1n) is 4.98. The van der Waals surface area contributed by atoms with Gasteiger partial charge in [0.15, 0.2) is 0 Å². The van der Waals surface area contributed by atoms with Crippen LogP contribution in [-0.4, -0.2) is 15.1 Å². The van der Waals surface area contributed by atoms with Crippen molar-refractivity contribution in [2.45, 2.75) is 25.8 Å². The molecule has 0 amide bonds. The molecule has 1 fully saturated rings. The lowest BCUT2D eigenvalue weighted by molar-refractivity contribution is 0.0946. The summed E-state index contributed by atoms with van der Waals surface area (Å²) < 4.78 is 27.5. The monoisotopic (exact) mass is 230 g/mol. The Morgan fingerprint density at radius 2 is 2.06 bits per heavy atom. The Bertz CT molecular complexity index is 545. The second kappa shape index (κ2) is 3.26. The number of alkyl halides is 2. The third-order valence-corrected chi connectivity index (χ3v) is 2.90. The summed E-state index contributed by atoms with van der Waals surface area (Å²) in [6, 6.07) is 0. The van der Waals surface area contributed by atoms with Crippen LogP contribution in [0.3, 0.4) is 0 Å². The van der Waals surface area contributed by atoms with Crippen LogP contribution in [0.5, 0.6) is 0 Å². The van der Waals surface area contributed by atoms with Crippen molar-refractivity contribution >= 4 is 0 Å². The first-order valence-corrected chi connectivity index (χ1v) is 4.98. The van der Waals surface area contributed by atoms with E-state index in [1.165, 1.54) is 17.8 Å². The van der Waals surface area contributed by atoms with Crippen LogP contribution in [0.4, 0.5) is 8.78 Å². The van der Waals surface area contributed by atoms with E-state index in [0.717, 1.165) is 4.57 Å². The normalized spacial score (nSPS) is 22.1. The minimum absolute atomic E-state index is 0.0270. The van der Waals surface area contributed by atoms with Gasteiger partial charge in [-0.15, -0.1) is 0 Å². The molecule has 0 saturated heterocycles. The van der Waals surface area contributed by atoms with E-state index in [4.69, 9.17) is 0 Å². The molecule has 0 radical (unpaired) electrons. The fraction of sp³-hybridized carbons (Fsp3) is 0.600. The zero-order valence-corrected chi connectivity index (χ0v) is 9.04. The largest absolute Gasteiger partial charge is 0.330 e. The lowest BCUT2D eigenvalue weighted by atomic mass is 10.3. The first kappa shape index (κ1) is 11.0. The molecule has 6 heteroatoms. The van der Waals surface area contributed by atoms with Gasteiger partial charge in [0.25, 0.3) is 11.5 Å². The maximum atomic E-state index is 12.7. The molecule has 2 rings (SSSR count). The number of aryl methyl sites for hydroxylation is 1. The smallest absolute Gasteiger partial charge is 0.300 e. The molecule has 88 valence electrons. The lowest BCUT2D eigenvalue weighted by Gasteiger charge is -2.07. The Labute approximate surface area is 90.1 Å². The highest BCUT2D eigenvalue weighted by Gasteiger charge is 2.56. The van der Waals surface area contributed by atoms with Gasteiger partial charge in [0, 0.05) is 37.7 Å². The molecular weight excluding hydrogens is 218 g/mol. The highest BCUT2D eigenvalue weighted by atomic mass is 19.3. The number of hydrogen-bond acceptors (Lipinski definition) is 2. The Balaban J connectivity index is 2.36. The predicted octanol–water partition coefficient (Wildman–Crippen LogP) is 0.511. The van der Waals surface area contributed by atoms with Crippen LogP contribution >= 0.6 is 0 Å². The van der Waals surface area contributed by atoms with Crippen molar-refractivity contribution in [3.05, 3.63) is 32.6 Å². The fourth-order valence-electron chi connectivity index (χ4n) is 1.72. The summed E-state index contributed by atoms with van der Waals surface area (Å²) in [7, 11) is 1.35. The average Bonchev–Trinajstić information content (AvgIpc) is 2.79. The van der Waals surface area contributed by atoms with Crippen molar-refractivity contribution in [1.82, 2.24) is 9.13 Å². The Morgan fingerprint density at radius 3 is 2.56 bits per heavy atom. The molecule has 1 aliphatic rings. The zero-order valence-electron chi connectivity index (χ0n) is 9.04. The minimum atomic E-state index is -2.65. The van der Waals surface area contributed by atoms with Crippen LogP contribution in [0.15, 0.2) is 15.8 Å². The number of halogens is 2. The van der Waals surface area contributed by atoms with Crippen LogP contribution in [0.1, 0.15) is 12.0 Å². The highest BCUT2D eigenvalue weighted by molar-refractivity contribution is 5.04. The van der Waals surface area contributed by atoms with Crippen LogP contribution in [-0.2, 0) is 13.6 Å². The first-order chi connectivity index (χ1) is 7.33. The molecule has 0 bridgehead atoms. The standard InChI is InChI=1S/C10H12F2N2O2/c1-6-4-14(5-7-3-10(7,11)12)9(16)13(2)8(6)15/h4,7H,3,5H2,1-2H3. The molecular formula is C10H12F2N2O2. The molecule has 1 heterocycles. The van der Waals surface area contributed by atoms with Crippen molar-refractivity contribution in [2.75, 3.05) is 0 Å². The molecule has 1 aliphatic carbocycles. The van der Waals surface area contributed by atoms with Crippen LogP contribution in [0.25, 0.3) is 0 Å². The SMILES string of the molecule is Cc1cn(CC2CC2(F)F)c(=O)n(C)c1=O. The van der Waals surface area contributed by atoms with Gasteiger partial charge < -0.3 is 0 Å². The summed E-state index contributed by atoms with van der Waals surface area (Å²) in [4.78, 5) is 23.0. The second-order valence-electron chi connectivity index (χ2n) is 4.27. The molecule has 0 spiro atoms. The number of nitrogens with zero attached hydrogens (tertiary/aromatic N) is 2. The molecule has 0 N–H and O–H groups in total. The molecule has 1 atom stereocenters. The van der Waals surface area contributed by atoms with E-state index in [1.54, 1.807) is 6.92 Å². The van der Waals surface area contributed by atoms with Gasteiger partial charge in [-0.25, -0.2) is 13.6 Å². The summed E-state index contributed by atoms with van der Waals surface area (Å²) in [6.45, 7) is 1.53. The molecule has 16 heavy (non-hydrogen) atoms. The Kier molecular flexibility index (Phi) is 2.25. The molecule has 4 nitrogen and oxygen atoms in total. The maximum absolute atomic E-state index is 12.7. The Hall–Kier alpha value is -1.46. The third-order valence-electron chi connectivity index (χ3n) is 2.90. The summed E-state index contributed by atoms with van der Waals surface area (Å²) in [6.07, 6.45) is 1.17. The van der Waals surface area contributed by atoms with Gasteiger partial charge in [0.2, 0.25) is 0 Å². The Morgan fingerprint density at radius 1 is 1.50 bits per heavy atom. The van der Waals surface area contributed by atoms with E-state index in [1.807, 2.05) is 0 Å². The maximum Gasteiger partial charge on any atom is 0.330 e. The number of hydrogen-bond donors (Lipinski definition) is 0. The molecule has 0 aromatic carbocycles. The van der Waals surface area contributed by atoms with E-state index >= 15 is 0 Å². The van der Waals surface area contributed by atoms with E-state index in [9.17, 15) is 18.4 Å². The van der Waals surface area contributed by atoms with Crippen LogP contribution in [0, 0.1) is 12.8 Å². The molecule has 1 aromatic heterocycles. The number of aromatic nitrogens is 2. The zero-order chi connectivity index (χ0) is 12.1. The highest BCUT2D eigenvalue weighted by Crippen LogP contribution is 2.49. The van der Waals surface area contributed by atoms with E-state index in [0.29, 0.717) is 5.56 Å². The van der Waals surface area contributed by atoms with Gasteiger partial charge in [-0.3, -0.25) is 13.9 Å². The number of rotatable bonds is 2. The minimum Gasteiger partial charge on any atom is -0.300 e.